The lowest BCUT2D eigenvalue weighted by atomic mass is 10.2. The molecule has 2 aromatic heterocycles. The van der Waals surface area contributed by atoms with E-state index in [-0.39, 0.29) is 6.61 Å². The maximum Gasteiger partial charge on any atom is 0.356 e. The number of nitrogens with zero attached hydrogens (tertiary/aromatic N) is 3. The summed E-state index contributed by atoms with van der Waals surface area (Å²) in [6, 6.07) is 10.5. The van der Waals surface area contributed by atoms with Crippen molar-refractivity contribution in [3.05, 3.63) is 65.5 Å². The third-order valence-electron chi connectivity index (χ3n) is 4.40. The SMILES string of the molecule is CCOC(=O)c1c(CNCc2ccc(OC)cc2)nc(-c2ccc(F)nc2)n1C. The van der Waals surface area contributed by atoms with Crippen LogP contribution in [0.5, 0.6) is 5.75 Å². The lowest BCUT2D eigenvalue weighted by Crippen LogP contribution is -2.18. The molecule has 0 aliphatic heterocycles. The third kappa shape index (κ3) is 4.78. The number of benzene rings is 1. The average molecular weight is 398 g/mol. The zero-order valence-corrected chi connectivity index (χ0v) is 16.6. The Morgan fingerprint density at radius 2 is 1.93 bits per heavy atom. The van der Waals surface area contributed by atoms with Crippen LogP contribution in [0.4, 0.5) is 4.39 Å². The van der Waals surface area contributed by atoms with Crippen molar-refractivity contribution in [3.8, 4) is 17.1 Å². The van der Waals surface area contributed by atoms with E-state index in [1.807, 2.05) is 24.3 Å². The normalized spacial score (nSPS) is 10.8. The molecule has 0 atom stereocenters. The van der Waals surface area contributed by atoms with Crippen molar-refractivity contribution in [1.29, 1.82) is 0 Å². The van der Waals surface area contributed by atoms with Crippen LogP contribution in [0.25, 0.3) is 11.4 Å². The van der Waals surface area contributed by atoms with Crippen molar-refractivity contribution in [2.24, 2.45) is 7.05 Å². The highest BCUT2D eigenvalue weighted by Crippen LogP contribution is 2.22. The van der Waals surface area contributed by atoms with Gasteiger partial charge < -0.3 is 19.4 Å². The Hall–Kier alpha value is -3.26. The van der Waals surface area contributed by atoms with Gasteiger partial charge in [0.2, 0.25) is 5.95 Å². The standard InChI is InChI=1S/C21H23FN4O3/c1-4-29-21(27)19-17(13-23-11-14-5-8-16(28-3)9-6-14)25-20(26(19)2)15-7-10-18(22)24-12-15/h5-10,12,23H,4,11,13H2,1-3H3. The molecule has 0 aliphatic carbocycles. The highest BCUT2D eigenvalue weighted by atomic mass is 19.1. The first-order valence-corrected chi connectivity index (χ1v) is 9.21. The molecule has 2 heterocycles. The summed E-state index contributed by atoms with van der Waals surface area (Å²) in [6.45, 7) is 2.97. The van der Waals surface area contributed by atoms with Gasteiger partial charge in [0.1, 0.15) is 11.6 Å². The van der Waals surface area contributed by atoms with Crippen LogP contribution in [0.15, 0.2) is 42.6 Å². The summed E-state index contributed by atoms with van der Waals surface area (Å²) in [7, 11) is 3.35. The van der Waals surface area contributed by atoms with E-state index < -0.39 is 11.9 Å². The molecule has 0 bridgehead atoms. The molecule has 3 aromatic rings. The van der Waals surface area contributed by atoms with Crippen LogP contribution >= 0.6 is 0 Å². The zero-order chi connectivity index (χ0) is 20.8. The number of nitrogens with one attached hydrogen (secondary N) is 1. The lowest BCUT2D eigenvalue weighted by Gasteiger charge is -2.08. The molecule has 0 spiro atoms. The number of carbonyl (C=O) groups excluding carboxylic acids is 1. The molecule has 1 N–H and O–H groups in total. The van der Waals surface area contributed by atoms with Gasteiger partial charge in [0.05, 0.1) is 19.4 Å². The number of ether oxygens (including phenoxy) is 2. The molecule has 0 unspecified atom stereocenters. The number of hydrogen-bond acceptors (Lipinski definition) is 6. The Kier molecular flexibility index (Phi) is 6.56. The monoisotopic (exact) mass is 398 g/mol. The molecular weight excluding hydrogens is 375 g/mol. The third-order valence-corrected chi connectivity index (χ3v) is 4.40. The molecule has 7 nitrogen and oxygen atoms in total. The highest BCUT2D eigenvalue weighted by molar-refractivity contribution is 5.90. The molecule has 0 aliphatic rings. The van der Waals surface area contributed by atoms with Crippen LogP contribution in [0, 0.1) is 5.95 Å². The predicted octanol–water partition coefficient (Wildman–Crippen LogP) is 3.10. The van der Waals surface area contributed by atoms with Crippen LogP contribution in [0.2, 0.25) is 0 Å². The van der Waals surface area contributed by atoms with E-state index in [0.717, 1.165) is 11.3 Å². The van der Waals surface area contributed by atoms with Crippen molar-refractivity contribution < 1.29 is 18.7 Å². The van der Waals surface area contributed by atoms with Gasteiger partial charge in [0, 0.05) is 31.9 Å². The number of imidazole rings is 1. The predicted molar refractivity (Wildman–Crippen MR) is 106 cm³/mol. The number of rotatable bonds is 8. The second-order valence-electron chi connectivity index (χ2n) is 6.33. The molecule has 8 heteroatoms. The van der Waals surface area contributed by atoms with Crippen LogP contribution in [0.3, 0.4) is 0 Å². The van der Waals surface area contributed by atoms with Gasteiger partial charge in [-0.1, -0.05) is 12.1 Å². The Labute approximate surface area is 168 Å². The van der Waals surface area contributed by atoms with Crippen molar-refractivity contribution in [3.63, 3.8) is 0 Å². The molecule has 0 saturated carbocycles. The summed E-state index contributed by atoms with van der Waals surface area (Å²) in [5.41, 5.74) is 2.59. The molecule has 0 radical (unpaired) electrons. The van der Waals surface area contributed by atoms with Crippen LogP contribution in [-0.4, -0.2) is 34.2 Å². The van der Waals surface area contributed by atoms with E-state index in [9.17, 15) is 9.18 Å². The molecule has 1 aromatic carbocycles. The Bertz CT molecular complexity index is 969. The summed E-state index contributed by atoms with van der Waals surface area (Å²) in [4.78, 5) is 20.7. The van der Waals surface area contributed by atoms with E-state index >= 15 is 0 Å². The van der Waals surface area contributed by atoms with E-state index in [4.69, 9.17) is 9.47 Å². The van der Waals surface area contributed by atoms with Gasteiger partial charge in [0.25, 0.3) is 0 Å². The molecule has 0 saturated heterocycles. The number of aromatic nitrogens is 3. The number of pyridine rings is 1. The number of hydrogen-bond donors (Lipinski definition) is 1. The van der Waals surface area contributed by atoms with Crippen LogP contribution in [0.1, 0.15) is 28.7 Å². The minimum absolute atomic E-state index is 0.260. The fourth-order valence-corrected chi connectivity index (χ4v) is 2.97. The fraction of sp³-hybridized carbons (Fsp3) is 0.286. The first-order chi connectivity index (χ1) is 14.0. The molecule has 0 fully saturated rings. The number of carbonyl (C=O) groups is 1. The van der Waals surface area contributed by atoms with Gasteiger partial charge in [-0.3, -0.25) is 0 Å². The lowest BCUT2D eigenvalue weighted by molar-refractivity contribution is 0.0513. The number of halogens is 1. The summed E-state index contributed by atoms with van der Waals surface area (Å²) < 4.78 is 25.2. The molecule has 29 heavy (non-hydrogen) atoms. The smallest absolute Gasteiger partial charge is 0.356 e. The molecule has 0 amide bonds. The maximum atomic E-state index is 13.2. The van der Waals surface area contributed by atoms with Gasteiger partial charge in [-0.05, 0) is 36.8 Å². The van der Waals surface area contributed by atoms with E-state index in [2.05, 4.69) is 15.3 Å². The number of esters is 1. The first-order valence-electron chi connectivity index (χ1n) is 9.21. The van der Waals surface area contributed by atoms with Crippen molar-refractivity contribution >= 4 is 5.97 Å². The van der Waals surface area contributed by atoms with E-state index in [1.165, 1.54) is 12.3 Å². The molecule has 152 valence electrons. The highest BCUT2D eigenvalue weighted by Gasteiger charge is 2.23. The van der Waals surface area contributed by atoms with Gasteiger partial charge in [-0.25, -0.2) is 14.8 Å². The first kappa shape index (κ1) is 20.5. The summed E-state index contributed by atoms with van der Waals surface area (Å²) in [5, 5.41) is 3.29. The van der Waals surface area contributed by atoms with Gasteiger partial charge in [-0.2, -0.15) is 4.39 Å². The molecular formula is C21H23FN4O3. The summed E-state index contributed by atoms with van der Waals surface area (Å²) in [5.74, 6) is 0.280. The quantitative estimate of drug-likeness (QED) is 0.464. The minimum Gasteiger partial charge on any atom is -0.497 e. The second-order valence-corrected chi connectivity index (χ2v) is 6.33. The van der Waals surface area contributed by atoms with Crippen molar-refractivity contribution in [1.82, 2.24) is 19.9 Å². The van der Waals surface area contributed by atoms with Crippen molar-refractivity contribution in [2.45, 2.75) is 20.0 Å². The van der Waals surface area contributed by atoms with Gasteiger partial charge in [-0.15, -0.1) is 0 Å². The van der Waals surface area contributed by atoms with Crippen molar-refractivity contribution in [2.75, 3.05) is 13.7 Å². The zero-order valence-electron chi connectivity index (χ0n) is 16.6. The fourth-order valence-electron chi connectivity index (χ4n) is 2.97. The number of methoxy groups -OCH3 is 1. The average Bonchev–Trinajstić information content (AvgIpc) is 3.05. The Morgan fingerprint density at radius 1 is 1.17 bits per heavy atom. The van der Waals surface area contributed by atoms with E-state index in [0.29, 0.717) is 35.9 Å². The van der Waals surface area contributed by atoms with Crippen LogP contribution < -0.4 is 10.1 Å². The maximum absolute atomic E-state index is 13.2. The largest absolute Gasteiger partial charge is 0.497 e. The van der Waals surface area contributed by atoms with E-state index in [1.54, 1.807) is 31.7 Å². The molecule has 3 rings (SSSR count). The Morgan fingerprint density at radius 3 is 2.55 bits per heavy atom. The summed E-state index contributed by atoms with van der Waals surface area (Å²) >= 11 is 0. The van der Waals surface area contributed by atoms with Gasteiger partial charge >= 0.3 is 5.97 Å². The minimum atomic E-state index is -0.574. The summed E-state index contributed by atoms with van der Waals surface area (Å²) in [6.07, 6.45) is 1.39. The second kappa shape index (κ2) is 9.29. The topological polar surface area (TPSA) is 78.3 Å². The van der Waals surface area contributed by atoms with Gasteiger partial charge in [0.15, 0.2) is 5.69 Å². The van der Waals surface area contributed by atoms with Crippen LogP contribution in [-0.2, 0) is 24.9 Å². The Balaban J connectivity index is 1.82.